The first-order valence-electron chi connectivity index (χ1n) is 3.46. The molecule has 0 saturated carbocycles. The minimum Gasteiger partial charge on any atom is -0.266 e. The Bertz CT molecular complexity index is 112. The molecule has 0 spiro atoms. The zero-order valence-electron chi connectivity index (χ0n) is 7.22. The molecule has 58 valence electrons. The molecule has 0 heterocycles. The van der Waals surface area contributed by atoms with E-state index < -0.39 is 0 Å². The number of rotatable bonds is 2. The van der Waals surface area contributed by atoms with Crippen molar-refractivity contribution in [2.75, 3.05) is 0 Å². The van der Waals surface area contributed by atoms with Gasteiger partial charge in [0.1, 0.15) is 0 Å². The molecule has 0 saturated heterocycles. The summed E-state index contributed by atoms with van der Waals surface area (Å²) in [6, 6.07) is 0. The molecule has 0 atom stereocenters. The lowest BCUT2D eigenvalue weighted by molar-refractivity contribution is 1.24. The predicted molar refractivity (Wildman–Crippen MR) is 49.5 cm³/mol. The molecule has 0 aromatic heterocycles. The fourth-order valence-corrected chi connectivity index (χ4v) is 0.310. The molecule has 0 aliphatic heterocycles. The average Bonchev–Trinajstić information content (AvgIpc) is 2.04. The summed E-state index contributed by atoms with van der Waals surface area (Å²) >= 11 is 0. The van der Waals surface area contributed by atoms with Crippen molar-refractivity contribution in [3.8, 4) is 0 Å². The van der Waals surface area contributed by atoms with Crippen LogP contribution in [0.1, 0.15) is 27.2 Å². The molecule has 0 aromatic rings. The molecule has 0 rings (SSSR count). The third kappa shape index (κ3) is 10.2. The van der Waals surface area contributed by atoms with Crippen molar-refractivity contribution in [3.05, 3.63) is 24.9 Å². The average molecular weight is 139 g/mol. The molecule has 10 heavy (non-hydrogen) atoms. The Kier molecular flexibility index (Phi) is 13.1. The zero-order valence-corrected chi connectivity index (χ0v) is 7.22. The van der Waals surface area contributed by atoms with E-state index in [9.17, 15) is 0 Å². The largest absolute Gasteiger partial charge is 0.266 e. The van der Waals surface area contributed by atoms with Crippen LogP contribution in [0.3, 0.4) is 0 Å². The zero-order chi connectivity index (χ0) is 8.41. The van der Waals surface area contributed by atoms with Crippen LogP contribution >= 0.6 is 0 Å². The van der Waals surface area contributed by atoms with Crippen LogP contribution in [0, 0.1) is 0 Å². The van der Waals surface area contributed by atoms with Gasteiger partial charge in [-0.1, -0.05) is 13.0 Å². The first-order chi connectivity index (χ1) is 4.81. The van der Waals surface area contributed by atoms with Crippen LogP contribution in [0.2, 0.25) is 0 Å². The van der Waals surface area contributed by atoms with E-state index in [2.05, 4.69) is 25.1 Å². The Hall–Kier alpha value is -0.850. The van der Waals surface area contributed by atoms with Gasteiger partial charge in [-0.25, -0.2) is 0 Å². The molecule has 0 N–H and O–H groups in total. The van der Waals surface area contributed by atoms with Crippen LogP contribution in [-0.2, 0) is 0 Å². The summed E-state index contributed by atoms with van der Waals surface area (Å²) in [7, 11) is 0. The number of nitrogens with zero attached hydrogens (tertiary/aromatic N) is 1. The van der Waals surface area contributed by atoms with Crippen molar-refractivity contribution in [1.82, 2.24) is 0 Å². The molecule has 0 amide bonds. The van der Waals surface area contributed by atoms with E-state index in [4.69, 9.17) is 0 Å². The van der Waals surface area contributed by atoms with Crippen LogP contribution in [0.25, 0.3) is 0 Å². The lowest BCUT2D eigenvalue weighted by Gasteiger charge is -1.84. The van der Waals surface area contributed by atoms with Gasteiger partial charge < -0.3 is 0 Å². The Morgan fingerprint density at radius 3 is 2.30 bits per heavy atom. The van der Waals surface area contributed by atoms with Gasteiger partial charge in [0.05, 0.1) is 0 Å². The van der Waals surface area contributed by atoms with Gasteiger partial charge in [0.15, 0.2) is 0 Å². The SMILES string of the molecule is C/C=C(/C)N=CCC.C=C. The van der Waals surface area contributed by atoms with Gasteiger partial charge in [0.25, 0.3) is 0 Å². The number of hydrogen-bond acceptors (Lipinski definition) is 1. The molecule has 0 aromatic carbocycles. The maximum absolute atomic E-state index is 4.10. The fraction of sp³-hybridized carbons (Fsp3) is 0.444. The van der Waals surface area contributed by atoms with Gasteiger partial charge in [-0.15, -0.1) is 13.2 Å². The molecule has 1 heteroatoms. The van der Waals surface area contributed by atoms with Crippen molar-refractivity contribution in [2.45, 2.75) is 27.2 Å². The van der Waals surface area contributed by atoms with Crippen LogP contribution in [-0.4, -0.2) is 6.21 Å². The van der Waals surface area contributed by atoms with Gasteiger partial charge in [0, 0.05) is 11.9 Å². The standard InChI is InChI=1S/C7H13N.C2H4/c1-4-6-8-7(3)5-2;1-2/h5-6H,4H2,1-3H3;1-2H2/b7-5-,8-6?;. The van der Waals surface area contributed by atoms with Gasteiger partial charge in [-0.05, 0) is 20.3 Å². The van der Waals surface area contributed by atoms with Crippen molar-refractivity contribution in [2.24, 2.45) is 4.99 Å². The summed E-state index contributed by atoms with van der Waals surface area (Å²) in [4.78, 5) is 4.10. The van der Waals surface area contributed by atoms with E-state index in [-0.39, 0.29) is 0 Å². The second kappa shape index (κ2) is 11.0. The van der Waals surface area contributed by atoms with Gasteiger partial charge in [-0.3, -0.25) is 4.99 Å². The smallest absolute Gasteiger partial charge is 0.0326 e. The topological polar surface area (TPSA) is 12.4 Å². The summed E-state index contributed by atoms with van der Waals surface area (Å²) in [6.45, 7) is 12.1. The summed E-state index contributed by atoms with van der Waals surface area (Å²) < 4.78 is 0. The second-order valence-electron chi connectivity index (χ2n) is 1.65. The minimum absolute atomic E-state index is 1.02. The molecule has 0 unspecified atom stereocenters. The third-order valence-corrected chi connectivity index (χ3v) is 0.895. The number of hydrogen-bond donors (Lipinski definition) is 0. The van der Waals surface area contributed by atoms with E-state index in [1.807, 2.05) is 26.1 Å². The van der Waals surface area contributed by atoms with E-state index in [1.165, 1.54) is 0 Å². The molecular weight excluding hydrogens is 122 g/mol. The van der Waals surface area contributed by atoms with E-state index in [1.54, 1.807) is 0 Å². The summed E-state index contributed by atoms with van der Waals surface area (Å²) in [5.74, 6) is 0. The Labute approximate surface area is 64.2 Å². The van der Waals surface area contributed by atoms with Gasteiger partial charge in [-0.2, -0.15) is 0 Å². The van der Waals surface area contributed by atoms with Crippen molar-refractivity contribution in [3.63, 3.8) is 0 Å². The van der Waals surface area contributed by atoms with Crippen LogP contribution in [0.4, 0.5) is 0 Å². The van der Waals surface area contributed by atoms with E-state index in [0.717, 1.165) is 12.1 Å². The van der Waals surface area contributed by atoms with Gasteiger partial charge >= 0.3 is 0 Å². The molecule has 0 radical (unpaired) electrons. The number of allylic oxidation sites excluding steroid dienone is 2. The molecule has 0 aliphatic carbocycles. The number of aliphatic imine (C=N–C) groups is 1. The molecular formula is C9H17N. The Morgan fingerprint density at radius 1 is 1.50 bits per heavy atom. The lowest BCUT2D eigenvalue weighted by Crippen LogP contribution is -1.69. The fourth-order valence-electron chi connectivity index (χ4n) is 0.310. The Balaban J connectivity index is 0. The quantitative estimate of drug-likeness (QED) is 0.411. The minimum atomic E-state index is 1.02. The normalized spacial score (nSPS) is 10.9. The highest BCUT2D eigenvalue weighted by Crippen LogP contribution is 1.90. The maximum Gasteiger partial charge on any atom is 0.0326 e. The van der Waals surface area contributed by atoms with Crippen LogP contribution < -0.4 is 0 Å². The van der Waals surface area contributed by atoms with Crippen molar-refractivity contribution >= 4 is 6.21 Å². The molecule has 0 aliphatic rings. The van der Waals surface area contributed by atoms with Crippen LogP contribution in [0.15, 0.2) is 29.9 Å². The third-order valence-electron chi connectivity index (χ3n) is 0.895. The van der Waals surface area contributed by atoms with E-state index in [0.29, 0.717) is 0 Å². The highest BCUT2D eigenvalue weighted by atomic mass is 14.7. The van der Waals surface area contributed by atoms with Crippen LogP contribution in [0.5, 0.6) is 0 Å². The predicted octanol–water partition coefficient (Wildman–Crippen LogP) is 3.19. The second-order valence-corrected chi connectivity index (χ2v) is 1.65. The monoisotopic (exact) mass is 139 g/mol. The summed E-state index contributed by atoms with van der Waals surface area (Å²) in [6.07, 6.45) is 4.92. The first-order valence-corrected chi connectivity index (χ1v) is 3.46. The highest BCUT2D eigenvalue weighted by molar-refractivity contribution is 5.58. The molecule has 0 fully saturated rings. The highest BCUT2D eigenvalue weighted by Gasteiger charge is 1.73. The van der Waals surface area contributed by atoms with E-state index >= 15 is 0 Å². The first kappa shape index (κ1) is 11.9. The molecule has 1 nitrogen and oxygen atoms in total. The van der Waals surface area contributed by atoms with Crippen molar-refractivity contribution < 1.29 is 0 Å². The van der Waals surface area contributed by atoms with Crippen molar-refractivity contribution in [1.29, 1.82) is 0 Å². The maximum atomic E-state index is 4.10. The lowest BCUT2D eigenvalue weighted by atomic mass is 10.4. The van der Waals surface area contributed by atoms with Gasteiger partial charge in [0.2, 0.25) is 0 Å². The molecule has 0 bridgehead atoms. The summed E-state index contributed by atoms with van der Waals surface area (Å²) in [5, 5.41) is 0. The summed E-state index contributed by atoms with van der Waals surface area (Å²) in [5.41, 5.74) is 1.09. The Morgan fingerprint density at radius 2 is 2.00 bits per heavy atom.